The Morgan fingerprint density at radius 3 is 2.61 bits per heavy atom. The van der Waals surface area contributed by atoms with Gasteiger partial charge in [0.2, 0.25) is 0 Å². The molecule has 0 aliphatic carbocycles. The second-order valence-corrected chi connectivity index (χ2v) is 7.53. The van der Waals surface area contributed by atoms with Crippen LogP contribution in [0.2, 0.25) is 0 Å². The molecule has 0 fully saturated rings. The molecule has 0 aliphatic rings. The Morgan fingerprint density at radius 2 is 2.06 bits per heavy atom. The second-order valence-electron chi connectivity index (χ2n) is 3.58. The number of thiophene rings is 1. The van der Waals surface area contributed by atoms with Crippen LogP contribution in [-0.2, 0) is 10.0 Å². The molecular weight excluding hydrogens is 334 g/mol. The van der Waals surface area contributed by atoms with E-state index >= 15 is 0 Å². The lowest BCUT2D eigenvalue weighted by atomic mass is 10.3. The van der Waals surface area contributed by atoms with E-state index < -0.39 is 10.0 Å². The predicted molar refractivity (Wildman–Crippen MR) is 78.7 cm³/mol. The molecule has 0 saturated carbocycles. The van der Waals surface area contributed by atoms with Gasteiger partial charge >= 0.3 is 0 Å². The number of anilines is 1. The average Bonchev–Trinajstić information content (AvgIpc) is 2.83. The summed E-state index contributed by atoms with van der Waals surface area (Å²) in [6.07, 6.45) is 0. The summed E-state index contributed by atoms with van der Waals surface area (Å²) >= 11 is 4.59. The number of hydrogen-bond acceptors (Lipinski definition) is 3. The standard InChI is InChI=1S/C12H12BrNO2S2/c1-2-14(11-6-3-5-10(13)9-11)18(15,16)12-7-4-8-17-12/h3-9H,2H2,1H3. The van der Waals surface area contributed by atoms with Crippen LogP contribution in [0, 0.1) is 0 Å². The number of nitrogens with zero attached hydrogens (tertiary/aromatic N) is 1. The topological polar surface area (TPSA) is 37.4 Å². The van der Waals surface area contributed by atoms with Crippen molar-refractivity contribution >= 4 is 43.0 Å². The molecule has 2 aromatic rings. The van der Waals surface area contributed by atoms with Gasteiger partial charge in [0.15, 0.2) is 0 Å². The number of sulfonamides is 1. The average molecular weight is 346 g/mol. The molecule has 1 aromatic carbocycles. The predicted octanol–water partition coefficient (Wildman–Crippen LogP) is 3.73. The van der Waals surface area contributed by atoms with E-state index in [0.29, 0.717) is 16.4 Å². The summed E-state index contributed by atoms with van der Waals surface area (Å²) in [6.45, 7) is 2.22. The SMILES string of the molecule is CCN(c1cccc(Br)c1)S(=O)(=O)c1cccs1. The van der Waals surface area contributed by atoms with Gasteiger partial charge in [0.05, 0.1) is 5.69 Å². The fourth-order valence-corrected chi connectivity index (χ4v) is 4.60. The van der Waals surface area contributed by atoms with Crippen molar-refractivity contribution in [3.05, 3.63) is 46.3 Å². The van der Waals surface area contributed by atoms with Crippen molar-refractivity contribution in [1.82, 2.24) is 0 Å². The van der Waals surface area contributed by atoms with E-state index in [0.717, 1.165) is 4.47 Å². The molecule has 0 spiro atoms. The van der Waals surface area contributed by atoms with Gasteiger partial charge in [-0.25, -0.2) is 8.42 Å². The first-order valence-electron chi connectivity index (χ1n) is 5.37. The van der Waals surface area contributed by atoms with Gasteiger partial charge in [-0.3, -0.25) is 4.31 Å². The first-order valence-corrected chi connectivity index (χ1v) is 8.49. The molecule has 0 N–H and O–H groups in total. The Bertz CT molecular complexity index is 623. The summed E-state index contributed by atoms with van der Waals surface area (Å²) in [7, 11) is -3.45. The third kappa shape index (κ3) is 2.60. The number of benzene rings is 1. The summed E-state index contributed by atoms with van der Waals surface area (Å²) in [6, 6.07) is 10.7. The fourth-order valence-electron chi connectivity index (χ4n) is 1.64. The van der Waals surface area contributed by atoms with Crippen molar-refractivity contribution in [2.75, 3.05) is 10.8 Å². The molecule has 0 aliphatic heterocycles. The van der Waals surface area contributed by atoms with Gasteiger partial charge in [0.25, 0.3) is 10.0 Å². The molecule has 0 radical (unpaired) electrons. The lowest BCUT2D eigenvalue weighted by Gasteiger charge is -2.22. The van der Waals surface area contributed by atoms with Gasteiger partial charge < -0.3 is 0 Å². The maximum Gasteiger partial charge on any atom is 0.273 e. The van der Waals surface area contributed by atoms with Gasteiger partial charge in [-0.2, -0.15) is 0 Å². The Kier molecular flexibility index (Phi) is 4.09. The van der Waals surface area contributed by atoms with Crippen LogP contribution >= 0.6 is 27.3 Å². The largest absolute Gasteiger partial charge is 0.273 e. The van der Waals surface area contributed by atoms with Gasteiger partial charge in [-0.05, 0) is 36.6 Å². The normalized spacial score (nSPS) is 11.4. The molecule has 0 unspecified atom stereocenters. The molecule has 18 heavy (non-hydrogen) atoms. The molecule has 0 atom stereocenters. The molecule has 0 bridgehead atoms. The Balaban J connectivity index is 2.47. The van der Waals surface area contributed by atoms with Crippen molar-refractivity contribution in [1.29, 1.82) is 0 Å². The number of hydrogen-bond donors (Lipinski definition) is 0. The Labute approximate surface area is 119 Å². The molecule has 96 valence electrons. The van der Waals surface area contributed by atoms with Crippen LogP contribution in [0.15, 0.2) is 50.5 Å². The van der Waals surface area contributed by atoms with Gasteiger partial charge in [-0.1, -0.05) is 28.1 Å². The summed E-state index contributed by atoms with van der Waals surface area (Å²) in [5.74, 6) is 0. The van der Waals surface area contributed by atoms with E-state index in [9.17, 15) is 8.42 Å². The van der Waals surface area contributed by atoms with E-state index in [-0.39, 0.29) is 0 Å². The molecule has 6 heteroatoms. The van der Waals surface area contributed by atoms with E-state index in [4.69, 9.17) is 0 Å². The minimum atomic E-state index is -3.45. The number of rotatable bonds is 4. The first-order chi connectivity index (χ1) is 8.55. The monoisotopic (exact) mass is 345 g/mol. The van der Waals surface area contributed by atoms with Crippen LogP contribution in [-0.4, -0.2) is 15.0 Å². The summed E-state index contributed by atoms with van der Waals surface area (Å²) in [5, 5.41) is 1.77. The lowest BCUT2D eigenvalue weighted by Crippen LogP contribution is -2.30. The van der Waals surface area contributed by atoms with Gasteiger partial charge in [0, 0.05) is 11.0 Å². The molecule has 1 aromatic heterocycles. The highest BCUT2D eigenvalue weighted by atomic mass is 79.9. The maximum absolute atomic E-state index is 12.5. The van der Waals surface area contributed by atoms with Crippen LogP contribution < -0.4 is 4.31 Å². The highest BCUT2D eigenvalue weighted by Crippen LogP contribution is 2.27. The minimum Gasteiger partial charge on any atom is -0.266 e. The molecule has 0 saturated heterocycles. The molecule has 3 nitrogen and oxygen atoms in total. The third-order valence-electron chi connectivity index (χ3n) is 2.42. The maximum atomic E-state index is 12.5. The van der Waals surface area contributed by atoms with Crippen molar-refractivity contribution in [3.8, 4) is 0 Å². The fraction of sp³-hybridized carbons (Fsp3) is 0.167. The second kappa shape index (κ2) is 5.42. The Morgan fingerprint density at radius 1 is 1.28 bits per heavy atom. The highest BCUT2D eigenvalue weighted by Gasteiger charge is 2.24. The third-order valence-corrected chi connectivity index (χ3v) is 6.19. The van der Waals surface area contributed by atoms with Crippen LogP contribution in [0.5, 0.6) is 0 Å². The van der Waals surface area contributed by atoms with Crippen molar-refractivity contribution in [2.45, 2.75) is 11.1 Å². The summed E-state index contributed by atoms with van der Waals surface area (Å²) in [4.78, 5) is 0. The summed E-state index contributed by atoms with van der Waals surface area (Å²) in [5.41, 5.74) is 0.667. The van der Waals surface area contributed by atoms with Crippen molar-refractivity contribution < 1.29 is 8.42 Å². The number of halogens is 1. The smallest absolute Gasteiger partial charge is 0.266 e. The zero-order chi connectivity index (χ0) is 13.2. The van der Waals surface area contributed by atoms with Gasteiger partial charge in [-0.15, -0.1) is 11.3 Å². The van der Waals surface area contributed by atoms with Crippen LogP contribution in [0.3, 0.4) is 0 Å². The van der Waals surface area contributed by atoms with Crippen molar-refractivity contribution in [2.24, 2.45) is 0 Å². The molecule has 1 heterocycles. The molecular formula is C12H12BrNO2S2. The molecule has 2 rings (SSSR count). The van der Waals surface area contributed by atoms with Gasteiger partial charge in [0.1, 0.15) is 4.21 Å². The van der Waals surface area contributed by atoms with E-state index in [1.807, 2.05) is 19.1 Å². The zero-order valence-corrected chi connectivity index (χ0v) is 12.9. The quantitative estimate of drug-likeness (QED) is 0.846. The Hall–Kier alpha value is -0.850. The highest BCUT2D eigenvalue weighted by molar-refractivity contribution is 9.10. The van der Waals surface area contributed by atoms with Crippen LogP contribution in [0.4, 0.5) is 5.69 Å². The lowest BCUT2D eigenvalue weighted by molar-refractivity contribution is 0.594. The van der Waals surface area contributed by atoms with Crippen molar-refractivity contribution in [3.63, 3.8) is 0 Å². The minimum absolute atomic E-state index is 0.365. The molecule has 0 amide bonds. The van der Waals surface area contributed by atoms with E-state index in [2.05, 4.69) is 15.9 Å². The first kappa shape index (κ1) is 13.6. The zero-order valence-electron chi connectivity index (χ0n) is 9.71. The van der Waals surface area contributed by atoms with Crippen LogP contribution in [0.1, 0.15) is 6.92 Å². The summed E-state index contributed by atoms with van der Waals surface area (Å²) < 4.78 is 27.5. The van der Waals surface area contributed by atoms with E-state index in [1.165, 1.54) is 15.6 Å². The van der Waals surface area contributed by atoms with E-state index in [1.54, 1.807) is 29.6 Å². The van der Waals surface area contributed by atoms with Crippen LogP contribution in [0.25, 0.3) is 0 Å².